The number of hydrogen-bond donors (Lipinski definition) is 1. The zero-order valence-electron chi connectivity index (χ0n) is 14.2. The molecule has 0 saturated carbocycles. The molecule has 2 aromatic rings. The number of halogens is 1. The maximum Gasteiger partial charge on any atom is 0.337 e. The standard InChI is InChI=1S/C20H16ClNO5/c21-16-11-14(7-8-17(16)23)4-1-13-2-5-15(6-3-13)12-20(26)27-22-18(24)9-10-19(22)25/h1-8,11,23H,9-10,12H2/b4-1+. The number of hydroxylamine groups is 2. The fourth-order valence-electron chi connectivity index (χ4n) is 2.52. The van der Waals surface area contributed by atoms with Gasteiger partial charge in [-0.2, -0.15) is 0 Å². The van der Waals surface area contributed by atoms with Crippen molar-refractivity contribution in [2.75, 3.05) is 0 Å². The molecule has 2 amide bonds. The smallest absolute Gasteiger partial charge is 0.337 e. The Morgan fingerprint density at radius 2 is 1.63 bits per heavy atom. The summed E-state index contributed by atoms with van der Waals surface area (Å²) in [6.45, 7) is 0. The van der Waals surface area contributed by atoms with Gasteiger partial charge in [0, 0.05) is 12.8 Å². The second-order valence-corrected chi connectivity index (χ2v) is 6.41. The third-order valence-corrected chi connectivity index (χ3v) is 4.27. The average molecular weight is 386 g/mol. The SMILES string of the molecule is O=C(Cc1ccc(/C=C/c2ccc(O)c(Cl)c2)cc1)ON1C(=O)CCC1=O. The number of imide groups is 1. The van der Waals surface area contributed by atoms with Gasteiger partial charge in [0.05, 0.1) is 11.4 Å². The lowest BCUT2D eigenvalue weighted by Gasteiger charge is -2.12. The molecule has 138 valence electrons. The van der Waals surface area contributed by atoms with Gasteiger partial charge in [0.1, 0.15) is 5.75 Å². The molecular formula is C20H16ClNO5. The summed E-state index contributed by atoms with van der Waals surface area (Å²) in [5, 5.41) is 10.2. The van der Waals surface area contributed by atoms with Gasteiger partial charge in [-0.05, 0) is 28.8 Å². The van der Waals surface area contributed by atoms with Gasteiger partial charge in [-0.25, -0.2) is 4.79 Å². The third-order valence-electron chi connectivity index (χ3n) is 3.97. The highest BCUT2D eigenvalue weighted by Gasteiger charge is 2.32. The van der Waals surface area contributed by atoms with Gasteiger partial charge in [-0.15, -0.1) is 5.06 Å². The predicted molar refractivity (Wildman–Crippen MR) is 99.4 cm³/mol. The van der Waals surface area contributed by atoms with Crippen LogP contribution in [-0.2, 0) is 25.6 Å². The second kappa shape index (κ2) is 8.05. The summed E-state index contributed by atoms with van der Waals surface area (Å²) >= 11 is 5.87. The Kier molecular flexibility index (Phi) is 5.57. The Morgan fingerprint density at radius 3 is 2.26 bits per heavy atom. The van der Waals surface area contributed by atoms with E-state index in [1.807, 2.05) is 24.3 Å². The van der Waals surface area contributed by atoms with Crippen LogP contribution in [0.5, 0.6) is 5.75 Å². The third kappa shape index (κ3) is 4.74. The van der Waals surface area contributed by atoms with E-state index in [-0.39, 0.29) is 30.0 Å². The minimum absolute atomic E-state index is 0.0300. The second-order valence-electron chi connectivity index (χ2n) is 6.01. The van der Waals surface area contributed by atoms with Crippen LogP contribution in [0.3, 0.4) is 0 Å². The molecule has 0 aliphatic carbocycles. The van der Waals surface area contributed by atoms with Crippen LogP contribution in [-0.4, -0.2) is 28.0 Å². The quantitative estimate of drug-likeness (QED) is 0.630. The van der Waals surface area contributed by atoms with E-state index in [0.717, 1.165) is 11.1 Å². The van der Waals surface area contributed by atoms with Crippen molar-refractivity contribution in [1.29, 1.82) is 0 Å². The highest BCUT2D eigenvalue weighted by atomic mass is 35.5. The molecule has 1 aliphatic heterocycles. The number of benzene rings is 2. The first-order valence-corrected chi connectivity index (χ1v) is 8.62. The van der Waals surface area contributed by atoms with E-state index in [4.69, 9.17) is 16.4 Å². The van der Waals surface area contributed by atoms with Crippen molar-refractivity contribution in [3.8, 4) is 5.75 Å². The van der Waals surface area contributed by atoms with Crippen LogP contribution in [0.2, 0.25) is 5.02 Å². The number of amides is 2. The van der Waals surface area contributed by atoms with Crippen molar-refractivity contribution in [1.82, 2.24) is 5.06 Å². The minimum atomic E-state index is -0.666. The van der Waals surface area contributed by atoms with Crippen molar-refractivity contribution < 1.29 is 24.3 Å². The summed E-state index contributed by atoms with van der Waals surface area (Å²) in [6, 6.07) is 12.1. The lowest BCUT2D eigenvalue weighted by molar-refractivity contribution is -0.197. The van der Waals surface area contributed by atoms with Crippen molar-refractivity contribution in [3.63, 3.8) is 0 Å². The molecule has 1 fully saturated rings. The molecule has 0 bridgehead atoms. The van der Waals surface area contributed by atoms with Crippen LogP contribution in [0, 0.1) is 0 Å². The molecule has 0 unspecified atom stereocenters. The molecule has 0 spiro atoms. The van der Waals surface area contributed by atoms with E-state index in [2.05, 4.69) is 0 Å². The zero-order chi connectivity index (χ0) is 19.4. The van der Waals surface area contributed by atoms with Crippen molar-refractivity contribution >= 4 is 41.5 Å². The molecule has 2 aromatic carbocycles. The summed E-state index contributed by atoms with van der Waals surface area (Å²) in [5.41, 5.74) is 2.44. The Hall–Kier alpha value is -3.12. The maximum absolute atomic E-state index is 11.9. The number of hydrogen-bond acceptors (Lipinski definition) is 5. The molecule has 0 atom stereocenters. The van der Waals surface area contributed by atoms with Gasteiger partial charge < -0.3 is 9.94 Å². The monoisotopic (exact) mass is 385 g/mol. The molecule has 7 heteroatoms. The summed E-state index contributed by atoms with van der Waals surface area (Å²) in [4.78, 5) is 39.6. The summed E-state index contributed by atoms with van der Waals surface area (Å²) in [7, 11) is 0. The Labute approximate surface area is 160 Å². The molecule has 1 saturated heterocycles. The van der Waals surface area contributed by atoms with Crippen LogP contribution in [0.15, 0.2) is 42.5 Å². The Bertz CT molecular complexity index is 904. The molecular weight excluding hydrogens is 370 g/mol. The van der Waals surface area contributed by atoms with Gasteiger partial charge in [-0.3, -0.25) is 9.59 Å². The number of carbonyl (C=O) groups excluding carboxylic acids is 3. The van der Waals surface area contributed by atoms with Crippen LogP contribution in [0.25, 0.3) is 12.2 Å². The number of aromatic hydroxyl groups is 1. The fraction of sp³-hybridized carbons (Fsp3) is 0.150. The van der Waals surface area contributed by atoms with Crippen LogP contribution in [0.4, 0.5) is 0 Å². The van der Waals surface area contributed by atoms with Crippen LogP contribution in [0.1, 0.15) is 29.5 Å². The first-order valence-electron chi connectivity index (χ1n) is 8.24. The van der Waals surface area contributed by atoms with E-state index < -0.39 is 17.8 Å². The Balaban J connectivity index is 1.59. The van der Waals surface area contributed by atoms with Gasteiger partial charge in [0.25, 0.3) is 11.8 Å². The number of nitrogens with zero attached hydrogens (tertiary/aromatic N) is 1. The first kappa shape index (κ1) is 18.7. The minimum Gasteiger partial charge on any atom is -0.506 e. The predicted octanol–water partition coefficient (Wildman–Crippen LogP) is 3.37. The van der Waals surface area contributed by atoms with Gasteiger partial charge in [0.15, 0.2) is 0 Å². The summed E-state index contributed by atoms with van der Waals surface area (Å²) < 4.78 is 0. The maximum atomic E-state index is 11.9. The number of phenols is 1. The van der Waals surface area contributed by atoms with Gasteiger partial charge in [-0.1, -0.05) is 54.1 Å². The molecule has 3 rings (SSSR count). The zero-order valence-corrected chi connectivity index (χ0v) is 15.0. The summed E-state index contributed by atoms with van der Waals surface area (Å²) in [5.74, 6) is -1.63. The summed E-state index contributed by atoms with van der Waals surface area (Å²) in [6.07, 6.45) is 3.80. The van der Waals surface area contributed by atoms with Gasteiger partial charge >= 0.3 is 5.97 Å². The molecule has 0 radical (unpaired) electrons. The topological polar surface area (TPSA) is 83.9 Å². The molecule has 0 aromatic heterocycles. The van der Waals surface area contributed by atoms with Crippen molar-refractivity contribution in [2.45, 2.75) is 19.3 Å². The van der Waals surface area contributed by atoms with Gasteiger partial charge in [0.2, 0.25) is 0 Å². The van der Waals surface area contributed by atoms with E-state index in [1.165, 1.54) is 6.07 Å². The first-order chi connectivity index (χ1) is 12.9. The highest BCUT2D eigenvalue weighted by Crippen LogP contribution is 2.24. The van der Waals surface area contributed by atoms with Crippen molar-refractivity contribution in [2.24, 2.45) is 0 Å². The normalized spacial score (nSPS) is 14.2. The number of rotatable bonds is 5. The molecule has 1 aliphatic rings. The molecule has 27 heavy (non-hydrogen) atoms. The Morgan fingerprint density at radius 1 is 1.04 bits per heavy atom. The largest absolute Gasteiger partial charge is 0.506 e. The van der Waals surface area contributed by atoms with E-state index in [9.17, 15) is 19.5 Å². The molecule has 6 nitrogen and oxygen atoms in total. The van der Waals surface area contributed by atoms with Crippen molar-refractivity contribution in [3.05, 3.63) is 64.2 Å². The van der Waals surface area contributed by atoms with Crippen LogP contribution < -0.4 is 0 Å². The molecule has 1 heterocycles. The van der Waals surface area contributed by atoms with E-state index in [1.54, 1.807) is 24.3 Å². The van der Waals surface area contributed by atoms with Crippen LogP contribution >= 0.6 is 11.6 Å². The number of carbonyl (C=O) groups is 3. The molecule has 1 N–H and O–H groups in total. The lowest BCUT2D eigenvalue weighted by atomic mass is 10.1. The van der Waals surface area contributed by atoms with E-state index in [0.29, 0.717) is 10.6 Å². The average Bonchev–Trinajstić information content (AvgIpc) is 2.96. The highest BCUT2D eigenvalue weighted by molar-refractivity contribution is 6.32. The lowest BCUT2D eigenvalue weighted by Crippen LogP contribution is -2.32. The fourth-order valence-corrected chi connectivity index (χ4v) is 2.71. The number of phenolic OH excluding ortho intramolecular Hbond substituents is 1. The van der Waals surface area contributed by atoms with E-state index >= 15 is 0 Å².